The number of carbonyl (C=O) groups is 2. The van der Waals surface area contributed by atoms with Gasteiger partial charge in [0.15, 0.2) is 11.6 Å². The molecule has 1 aliphatic rings. The molecule has 0 unspecified atom stereocenters. The smallest absolute Gasteiger partial charge is 0.195 e. The zero-order valence-corrected chi connectivity index (χ0v) is 38.5. The van der Waals surface area contributed by atoms with Crippen LogP contribution in [0, 0.1) is 0 Å². The third kappa shape index (κ3) is 6.39. The molecule has 0 atom stereocenters. The average Bonchev–Trinajstić information content (AvgIpc) is 3.94. The first-order valence-electron chi connectivity index (χ1n) is 23.9. The van der Waals surface area contributed by atoms with E-state index >= 15 is 4.79 Å². The fourth-order valence-corrected chi connectivity index (χ4v) is 11.4. The molecule has 0 bridgehead atoms. The highest BCUT2D eigenvalue weighted by molar-refractivity contribution is 6.16. The summed E-state index contributed by atoms with van der Waals surface area (Å²) >= 11 is 0. The summed E-state index contributed by atoms with van der Waals surface area (Å²) in [6, 6.07) is 83.1. The Kier molecular flexibility index (Phi) is 9.60. The molecule has 3 heterocycles. The van der Waals surface area contributed by atoms with Gasteiger partial charge in [-0.25, -0.2) is 0 Å². The Morgan fingerprint density at radius 3 is 1.47 bits per heavy atom. The van der Waals surface area contributed by atoms with Crippen molar-refractivity contribution in [1.29, 1.82) is 0 Å². The molecule has 0 amide bonds. The summed E-state index contributed by atoms with van der Waals surface area (Å²) in [5.74, 6) is -0.0592. The quantitative estimate of drug-likeness (QED) is 0.136. The molecule has 0 aliphatic carbocycles. The van der Waals surface area contributed by atoms with E-state index in [-0.39, 0.29) is 11.6 Å². The summed E-state index contributed by atoms with van der Waals surface area (Å²) in [4.78, 5) is 31.6. The number of benzene rings is 10. The first-order valence-corrected chi connectivity index (χ1v) is 23.9. The molecule has 0 saturated heterocycles. The van der Waals surface area contributed by atoms with Crippen molar-refractivity contribution in [2.24, 2.45) is 0 Å². The molecular formula is C65H45N3O2. The SMILES string of the molecule is CC1(Cc2cccc(C(=O)c3ccccc3-n3c4ccccc4c4cc(-n5c6ccccc6c6ccccc65)ccc43)c2)c2ccccc2N(c2ccccc2C(=O)c2ccccc2)c2ccccc21. The highest BCUT2D eigenvalue weighted by atomic mass is 16.1. The Labute approximate surface area is 405 Å². The van der Waals surface area contributed by atoms with Crippen molar-refractivity contribution in [2.75, 3.05) is 4.90 Å². The lowest BCUT2D eigenvalue weighted by atomic mass is 9.68. The van der Waals surface area contributed by atoms with Gasteiger partial charge in [-0.05, 0) is 102 Å². The summed E-state index contributed by atoms with van der Waals surface area (Å²) in [6.45, 7) is 2.31. The highest BCUT2D eigenvalue weighted by Crippen LogP contribution is 2.54. The minimum atomic E-state index is -0.483. The Morgan fingerprint density at radius 2 is 0.829 bits per heavy atom. The molecule has 0 saturated carbocycles. The molecule has 0 N–H and O–H groups in total. The van der Waals surface area contributed by atoms with Crippen molar-refractivity contribution >= 4 is 72.2 Å². The second kappa shape index (κ2) is 16.3. The fourth-order valence-electron chi connectivity index (χ4n) is 11.4. The van der Waals surface area contributed by atoms with Crippen LogP contribution in [0.3, 0.4) is 0 Å². The summed E-state index contributed by atoms with van der Waals surface area (Å²) in [5.41, 5.74) is 14.6. The first kappa shape index (κ1) is 41.2. The van der Waals surface area contributed by atoms with E-state index < -0.39 is 5.41 Å². The van der Waals surface area contributed by atoms with Gasteiger partial charge in [0.25, 0.3) is 0 Å². The van der Waals surface area contributed by atoms with Gasteiger partial charge in [0.05, 0.1) is 44.8 Å². The molecule has 70 heavy (non-hydrogen) atoms. The number of nitrogens with zero attached hydrogens (tertiary/aromatic N) is 3. The third-order valence-corrected chi connectivity index (χ3v) is 14.5. The monoisotopic (exact) mass is 899 g/mol. The van der Waals surface area contributed by atoms with Gasteiger partial charge in [-0.15, -0.1) is 0 Å². The minimum absolute atomic E-state index is 0.0228. The number of carbonyl (C=O) groups excluding carboxylic acids is 2. The molecule has 10 aromatic carbocycles. The normalized spacial score (nSPS) is 12.9. The molecule has 332 valence electrons. The van der Waals surface area contributed by atoms with Gasteiger partial charge in [-0.3, -0.25) is 9.59 Å². The number of anilines is 3. The van der Waals surface area contributed by atoms with Crippen LogP contribution in [0.25, 0.3) is 55.0 Å². The molecule has 2 aromatic heterocycles. The lowest BCUT2D eigenvalue weighted by molar-refractivity contribution is 0.103. The number of para-hydroxylation sites is 7. The largest absolute Gasteiger partial charge is 0.309 e. The number of hydrogen-bond acceptors (Lipinski definition) is 3. The van der Waals surface area contributed by atoms with E-state index in [1.807, 2.05) is 84.9 Å². The molecule has 0 radical (unpaired) electrons. The van der Waals surface area contributed by atoms with Gasteiger partial charge in [-0.1, -0.05) is 171 Å². The number of aromatic nitrogens is 2. The van der Waals surface area contributed by atoms with E-state index in [0.717, 1.165) is 78.0 Å². The number of ketones is 2. The van der Waals surface area contributed by atoms with Gasteiger partial charge >= 0.3 is 0 Å². The molecule has 13 rings (SSSR count). The molecule has 12 aromatic rings. The van der Waals surface area contributed by atoms with E-state index in [0.29, 0.717) is 28.7 Å². The van der Waals surface area contributed by atoms with E-state index in [1.54, 1.807) is 0 Å². The van der Waals surface area contributed by atoms with Crippen molar-refractivity contribution in [3.05, 3.63) is 282 Å². The Balaban J connectivity index is 0.884. The maximum Gasteiger partial charge on any atom is 0.195 e. The maximum absolute atomic E-state index is 15.2. The van der Waals surface area contributed by atoms with Gasteiger partial charge in [0.1, 0.15) is 0 Å². The molecule has 5 heteroatoms. The maximum atomic E-state index is 15.2. The standard InChI is InChI=1S/C65H45N3O2/c1-65(53-29-10-17-36-61(53)68(62-37-18-11-30-54(62)65)59-35-16-8-27-50(59)63(69)44-21-3-2-4-22-44)42-43-20-19-23-45(40-43)64(70)51-28-9-15-34-58(51)67-57-33-14-7-26-49(57)52-41-46(38-39-60(52)67)66-55-31-12-5-24-47(55)48-25-6-13-32-56(48)66/h2-41H,42H2,1H3. The second-order valence-electron chi connectivity index (χ2n) is 18.6. The topological polar surface area (TPSA) is 47.2 Å². The van der Waals surface area contributed by atoms with Crippen molar-refractivity contribution in [3.63, 3.8) is 0 Å². The van der Waals surface area contributed by atoms with Crippen LogP contribution < -0.4 is 4.90 Å². The van der Waals surface area contributed by atoms with Crippen LogP contribution in [0.4, 0.5) is 17.1 Å². The molecule has 5 nitrogen and oxygen atoms in total. The van der Waals surface area contributed by atoms with Crippen LogP contribution in [0.15, 0.2) is 243 Å². The number of hydrogen-bond donors (Lipinski definition) is 0. The summed E-state index contributed by atoms with van der Waals surface area (Å²) in [7, 11) is 0. The predicted octanol–water partition coefficient (Wildman–Crippen LogP) is 15.7. The average molecular weight is 900 g/mol. The van der Waals surface area contributed by atoms with Crippen LogP contribution in [-0.2, 0) is 11.8 Å². The van der Waals surface area contributed by atoms with Crippen LogP contribution in [0.5, 0.6) is 0 Å². The lowest BCUT2D eigenvalue weighted by Gasteiger charge is -2.44. The fraction of sp³-hybridized carbons (Fsp3) is 0.0462. The molecule has 0 fully saturated rings. The van der Waals surface area contributed by atoms with Crippen molar-refractivity contribution in [1.82, 2.24) is 9.13 Å². The summed E-state index contributed by atoms with van der Waals surface area (Å²) in [5, 5.41) is 4.68. The van der Waals surface area contributed by atoms with Crippen molar-refractivity contribution < 1.29 is 9.59 Å². The van der Waals surface area contributed by atoms with Crippen molar-refractivity contribution in [3.8, 4) is 11.4 Å². The predicted molar refractivity (Wildman–Crippen MR) is 286 cm³/mol. The van der Waals surface area contributed by atoms with E-state index in [1.165, 1.54) is 10.8 Å². The third-order valence-electron chi connectivity index (χ3n) is 14.5. The number of fused-ring (bicyclic) bond motifs is 8. The second-order valence-corrected chi connectivity index (χ2v) is 18.6. The Bertz CT molecular complexity index is 3960. The summed E-state index contributed by atoms with van der Waals surface area (Å²) < 4.78 is 4.61. The van der Waals surface area contributed by atoms with E-state index in [4.69, 9.17) is 0 Å². The first-order chi connectivity index (χ1) is 34.5. The lowest BCUT2D eigenvalue weighted by Crippen LogP contribution is -2.35. The van der Waals surface area contributed by atoms with Crippen LogP contribution in [0.2, 0.25) is 0 Å². The Morgan fingerprint density at radius 1 is 0.371 bits per heavy atom. The van der Waals surface area contributed by atoms with Gasteiger partial charge in [-0.2, -0.15) is 0 Å². The van der Waals surface area contributed by atoms with Gasteiger partial charge in [0.2, 0.25) is 0 Å². The Hall–Kier alpha value is -9.06. The van der Waals surface area contributed by atoms with Gasteiger partial charge < -0.3 is 14.0 Å². The minimum Gasteiger partial charge on any atom is -0.309 e. The van der Waals surface area contributed by atoms with Gasteiger partial charge in [0, 0.05) is 54.9 Å². The zero-order chi connectivity index (χ0) is 46.9. The molecule has 1 aliphatic heterocycles. The van der Waals surface area contributed by atoms with Crippen LogP contribution in [0.1, 0.15) is 55.5 Å². The van der Waals surface area contributed by atoms with E-state index in [2.05, 4.69) is 179 Å². The van der Waals surface area contributed by atoms with E-state index in [9.17, 15) is 4.79 Å². The number of rotatable bonds is 9. The van der Waals surface area contributed by atoms with Crippen LogP contribution in [-0.4, -0.2) is 20.7 Å². The summed E-state index contributed by atoms with van der Waals surface area (Å²) in [6.07, 6.45) is 0.642. The highest BCUT2D eigenvalue weighted by Gasteiger charge is 2.41. The molecule has 0 spiro atoms. The van der Waals surface area contributed by atoms with Crippen LogP contribution >= 0.6 is 0 Å². The molecular weight excluding hydrogens is 855 g/mol. The zero-order valence-electron chi connectivity index (χ0n) is 38.5. The van der Waals surface area contributed by atoms with Crippen molar-refractivity contribution in [2.45, 2.75) is 18.8 Å².